The van der Waals surface area contributed by atoms with Crippen LogP contribution in [0.2, 0.25) is 0 Å². The zero-order chi connectivity index (χ0) is 17.3. The summed E-state index contributed by atoms with van der Waals surface area (Å²) in [7, 11) is 0. The zero-order valence-electron chi connectivity index (χ0n) is 12.4. The summed E-state index contributed by atoms with van der Waals surface area (Å²) >= 11 is 1.16. The molecule has 1 aliphatic heterocycles. The Morgan fingerprint density at radius 2 is 2.12 bits per heavy atom. The van der Waals surface area contributed by atoms with E-state index in [0.717, 1.165) is 11.8 Å². The van der Waals surface area contributed by atoms with Crippen molar-refractivity contribution in [3.63, 3.8) is 0 Å². The molecule has 1 aromatic heterocycles. The van der Waals surface area contributed by atoms with Crippen molar-refractivity contribution < 1.29 is 14.5 Å². The van der Waals surface area contributed by atoms with Gasteiger partial charge in [0.15, 0.2) is 0 Å². The van der Waals surface area contributed by atoms with Crippen LogP contribution in [0.25, 0.3) is 0 Å². The third kappa shape index (κ3) is 3.20. The van der Waals surface area contributed by atoms with Crippen LogP contribution in [-0.2, 0) is 9.59 Å². The molecule has 0 bridgehead atoms. The molecule has 2 amide bonds. The number of fused-ring (bicyclic) bond motifs is 1. The standard InChI is InChI=1S/C13H12N6O4S/c1-7-15-16-13-18(7)17-12(21)10(24-13)6-11(20)14-8-2-4-9(5-3-8)19(22)23/h2-5,10H,6H2,1H3,(H,14,20)(H,17,21). The summed E-state index contributed by atoms with van der Waals surface area (Å²) in [6.45, 7) is 1.71. The first-order chi connectivity index (χ1) is 11.4. The summed E-state index contributed by atoms with van der Waals surface area (Å²) in [5.74, 6) is -0.130. The predicted molar refractivity (Wildman–Crippen MR) is 85.1 cm³/mol. The van der Waals surface area contributed by atoms with Crippen molar-refractivity contribution in [2.24, 2.45) is 0 Å². The maximum absolute atomic E-state index is 12.1. The number of rotatable bonds is 4. The predicted octanol–water partition coefficient (Wildman–Crippen LogP) is 1.07. The highest BCUT2D eigenvalue weighted by molar-refractivity contribution is 8.00. The van der Waals surface area contributed by atoms with Crippen LogP contribution in [0.5, 0.6) is 0 Å². The number of nitro groups is 1. The van der Waals surface area contributed by atoms with Crippen molar-refractivity contribution >= 4 is 35.0 Å². The number of nitrogens with one attached hydrogen (secondary N) is 2. The number of anilines is 1. The molecule has 0 saturated heterocycles. The highest BCUT2D eigenvalue weighted by Crippen LogP contribution is 2.28. The van der Waals surface area contributed by atoms with Gasteiger partial charge >= 0.3 is 0 Å². The number of aromatic nitrogens is 3. The second-order valence-electron chi connectivity index (χ2n) is 5.00. The number of carbonyl (C=O) groups is 2. The lowest BCUT2D eigenvalue weighted by Crippen LogP contribution is -2.38. The summed E-state index contributed by atoms with van der Waals surface area (Å²) in [6.07, 6.45) is -0.0562. The molecule has 3 rings (SSSR count). The molecule has 0 radical (unpaired) electrons. The third-order valence-electron chi connectivity index (χ3n) is 3.29. The van der Waals surface area contributed by atoms with Crippen LogP contribution < -0.4 is 10.7 Å². The zero-order valence-corrected chi connectivity index (χ0v) is 13.2. The van der Waals surface area contributed by atoms with E-state index in [-0.39, 0.29) is 23.9 Å². The number of non-ortho nitro benzene ring substituents is 1. The molecule has 2 N–H and O–H groups in total. The highest BCUT2D eigenvalue weighted by atomic mass is 32.2. The van der Waals surface area contributed by atoms with Gasteiger partial charge < -0.3 is 5.32 Å². The van der Waals surface area contributed by atoms with Gasteiger partial charge in [-0.3, -0.25) is 25.1 Å². The fraction of sp³-hybridized carbons (Fsp3) is 0.231. The van der Waals surface area contributed by atoms with E-state index in [1.54, 1.807) is 6.92 Å². The quantitative estimate of drug-likeness (QED) is 0.624. The Morgan fingerprint density at radius 1 is 1.42 bits per heavy atom. The van der Waals surface area contributed by atoms with Crippen LogP contribution in [0.3, 0.4) is 0 Å². The lowest BCUT2D eigenvalue weighted by atomic mass is 10.2. The van der Waals surface area contributed by atoms with Crippen molar-refractivity contribution in [2.75, 3.05) is 10.7 Å². The Labute approximate surface area is 139 Å². The lowest BCUT2D eigenvalue weighted by molar-refractivity contribution is -0.384. The van der Waals surface area contributed by atoms with E-state index in [4.69, 9.17) is 0 Å². The SMILES string of the molecule is Cc1nnc2n1NC(=O)C(CC(=O)Nc1ccc([N+](=O)[O-])cc1)S2. The topological polar surface area (TPSA) is 132 Å². The largest absolute Gasteiger partial charge is 0.326 e. The number of amides is 2. The van der Waals surface area contributed by atoms with Crippen LogP contribution in [0, 0.1) is 17.0 Å². The molecular formula is C13H12N6O4S. The Bertz CT molecular complexity index is 818. The summed E-state index contributed by atoms with van der Waals surface area (Å²) < 4.78 is 1.47. The van der Waals surface area contributed by atoms with E-state index < -0.39 is 10.2 Å². The third-order valence-corrected chi connectivity index (χ3v) is 4.43. The van der Waals surface area contributed by atoms with E-state index in [1.165, 1.54) is 28.9 Å². The fourth-order valence-corrected chi connectivity index (χ4v) is 3.11. The van der Waals surface area contributed by atoms with E-state index in [2.05, 4.69) is 20.9 Å². The van der Waals surface area contributed by atoms with Gasteiger partial charge in [0, 0.05) is 24.2 Å². The molecule has 124 valence electrons. The molecule has 1 aliphatic rings. The van der Waals surface area contributed by atoms with E-state index >= 15 is 0 Å². The Balaban J connectivity index is 1.62. The molecule has 0 aliphatic carbocycles. The summed E-state index contributed by atoms with van der Waals surface area (Å²) in [5, 5.41) is 20.9. The van der Waals surface area contributed by atoms with Crippen LogP contribution in [-0.4, -0.2) is 36.9 Å². The monoisotopic (exact) mass is 348 g/mol. The van der Waals surface area contributed by atoms with E-state index in [1.807, 2.05) is 0 Å². The first-order valence-corrected chi connectivity index (χ1v) is 7.76. The van der Waals surface area contributed by atoms with Crippen molar-refractivity contribution in [1.29, 1.82) is 0 Å². The second kappa shape index (κ2) is 6.28. The molecule has 24 heavy (non-hydrogen) atoms. The van der Waals surface area contributed by atoms with Gasteiger partial charge in [-0.2, -0.15) is 0 Å². The lowest BCUT2D eigenvalue weighted by Gasteiger charge is -2.22. The number of carbonyl (C=O) groups excluding carboxylic acids is 2. The minimum atomic E-state index is -0.626. The molecular weight excluding hydrogens is 336 g/mol. The van der Waals surface area contributed by atoms with Gasteiger partial charge in [-0.1, -0.05) is 11.8 Å². The normalized spacial score (nSPS) is 16.2. The van der Waals surface area contributed by atoms with Gasteiger partial charge in [-0.25, -0.2) is 4.68 Å². The number of nitro benzene ring substituents is 1. The van der Waals surface area contributed by atoms with Crippen LogP contribution >= 0.6 is 11.8 Å². The molecule has 10 nitrogen and oxygen atoms in total. The smallest absolute Gasteiger partial charge is 0.269 e. The van der Waals surface area contributed by atoms with Gasteiger partial charge in [0.2, 0.25) is 11.1 Å². The van der Waals surface area contributed by atoms with Crippen molar-refractivity contribution in [3.8, 4) is 0 Å². The highest BCUT2D eigenvalue weighted by Gasteiger charge is 2.31. The van der Waals surface area contributed by atoms with Crippen LogP contribution in [0.1, 0.15) is 12.2 Å². The minimum Gasteiger partial charge on any atom is -0.326 e. The van der Waals surface area contributed by atoms with Gasteiger partial charge in [-0.15, -0.1) is 10.2 Å². The van der Waals surface area contributed by atoms with Gasteiger partial charge in [0.05, 0.1) is 4.92 Å². The van der Waals surface area contributed by atoms with E-state index in [0.29, 0.717) is 16.7 Å². The summed E-state index contributed by atoms with van der Waals surface area (Å²) in [4.78, 5) is 34.2. The van der Waals surface area contributed by atoms with Crippen molar-refractivity contribution in [3.05, 3.63) is 40.2 Å². The number of thioether (sulfide) groups is 1. The van der Waals surface area contributed by atoms with Gasteiger partial charge in [0.25, 0.3) is 11.6 Å². The van der Waals surface area contributed by atoms with Crippen molar-refractivity contribution in [2.45, 2.75) is 23.8 Å². The molecule has 1 atom stereocenters. The average molecular weight is 348 g/mol. The van der Waals surface area contributed by atoms with Crippen molar-refractivity contribution in [1.82, 2.24) is 14.9 Å². The number of benzene rings is 1. The molecule has 0 fully saturated rings. The number of hydrogen-bond donors (Lipinski definition) is 2. The van der Waals surface area contributed by atoms with Crippen LogP contribution in [0.15, 0.2) is 29.4 Å². The molecule has 2 aromatic rings. The molecule has 2 heterocycles. The number of aryl methyl sites for hydroxylation is 1. The first-order valence-electron chi connectivity index (χ1n) is 6.88. The summed E-state index contributed by atoms with van der Waals surface area (Å²) in [5.41, 5.74) is 2.98. The molecule has 1 unspecified atom stereocenters. The van der Waals surface area contributed by atoms with Gasteiger partial charge in [-0.05, 0) is 19.1 Å². The van der Waals surface area contributed by atoms with Gasteiger partial charge in [0.1, 0.15) is 11.1 Å². The first kappa shape index (κ1) is 15.9. The molecule has 0 saturated carbocycles. The maximum atomic E-state index is 12.1. The average Bonchev–Trinajstić information content (AvgIpc) is 2.89. The Kier molecular flexibility index (Phi) is 4.16. The Hall–Kier alpha value is -2.95. The second-order valence-corrected chi connectivity index (χ2v) is 6.17. The minimum absolute atomic E-state index is 0.0562. The fourth-order valence-electron chi connectivity index (χ4n) is 2.09. The molecule has 0 spiro atoms. The molecule has 11 heteroatoms. The Morgan fingerprint density at radius 3 is 2.79 bits per heavy atom. The molecule has 1 aromatic carbocycles. The summed E-state index contributed by atoms with van der Waals surface area (Å²) in [6, 6.07) is 5.46. The number of nitrogens with zero attached hydrogens (tertiary/aromatic N) is 4. The van der Waals surface area contributed by atoms with E-state index in [9.17, 15) is 19.7 Å². The van der Waals surface area contributed by atoms with Crippen LogP contribution in [0.4, 0.5) is 11.4 Å². The number of hydrogen-bond acceptors (Lipinski definition) is 7. The maximum Gasteiger partial charge on any atom is 0.269 e.